The first kappa shape index (κ1) is 20.2. The zero-order valence-electron chi connectivity index (χ0n) is 19.5. The molecule has 1 amide bonds. The summed E-state index contributed by atoms with van der Waals surface area (Å²) in [6.45, 7) is 3.46. The number of nitrogens with zero attached hydrogens (tertiary/aromatic N) is 6. The summed E-state index contributed by atoms with van der Waals surface area (Å²) in [4.78, 5) is 21.9. The topological polar surface area (TPSA) is 70.1 Å². The number of benzene rings is 2. The number of aromatic nitrogens is 3. The molecule has 3 aliphatic heterocycles. The molecular formula is C28H24N6O. The Morgan fingerprint density at radius 1 is 1.03 bits per heavy atom. The Labute approximate surface area is 203 Å². The first-order valence-electron chi connectivity index (χ1n) is 11.9. The molecular weight excluding hydrogens is 436 g/mol. The lowest BCUT2D eigenvalue weighted by Crippen LogP contribution is -2.55. The fourth-order valence-electron chi connectivity index (χ4n) is 6.14. The van der Waals surface area contributed by atoms with Gasteiger partial charge in [-0.2, -0.15) is 5.26 Å². The third kappa shape index (κ3) is 3.07. The number of imidazole rings is 1. The minimum Gasteiger partial charge on any atom is -0.340 e. The van der Waals surface area contributed by atoms with Gasteiger partial charge in [-0.05, 0) is 54.6 Å². The van der Waals surface area contributed by atoms with Crippen LogP contribution in [-0.2, 0) is 11.3 Å². The van der Waals surface area contributed by atoms with Crippen molar-refractivity contribution in [3.05, 3.63) is 78.2 Å². The number of anilines is 1. The highest BCUT2D eigenvalue weighted by Gasteiger charge is 2.50. The molecule has 7 nitrogen and oxygen atoms in total. The van der Waals surface area contributed by atoms with E-state index in [2.05, 4.69) is 62.6 Å². The number of nitriles is 1. The van der Waals surface area contributed by atoms with Crippen LogP contribution in [0.2, 0.25) is 0 Å². The first-order chi connectivity index (χ1) is 17.0. The van der Waals surface area contributed by atoms with Crippen molar-refractivity contribution in [2.75, 3.05) is 31.6 Å². The van der Waals surface area contributed by atoms with E-state index in [1.165, 1.54) is 0 Å². The van der Waals surface area contributed by atoms with E-state index < -0.39 is 0 Å². The van der Waals surface area contributed by atoms with Crippen molar-refractivity contribution in [3.8, 4) is 34.4 Å². The largest absolute Gasteiger partial charge is 0.340 e. The molecule has 0 unspecified atom stereocenters. The average Bonchev–Trinajstić information content (AvgIpc) is 3.55. The van der Waals surface area contributed by atoms with Crippen LogP contribution in [0.15, 0.2) is 67.1 Å². The minimum atomic E-state index is 0.111. The molecule has 4 aromatic rings. The Balaban J connectivity index is 1.28. The summed E-state index contributed by atoms with van der Waals surface area (Å²) >= 11 is 0. The minimum absolute atomic E-state index is 0.111. The number of hydrogen-bond donors (Lipinski definition) is 0. The van der Waals surface area contributed by atoms with Crippen LogP contribution < -0.4 is 4.90 Å². The van der Waals surface area contributed by atoms with Gasteiger partial charge in [-0.1, -0.05) is 12.1 Å². The monoisotopic (exact) mass is 460 g/mol. The van der Waals surface area contributed by atoms with E-state index in [-0.39, 0.29) is 11.3 Å². The summed E-state index contributed by atoms with van der Waals surface area (Å²) < 4.78 is 4.37. The van der Waals surface area contributed by atoms with E-state index in [1.54, 1.807) is 0 Å². The van der Waals surface area contributed by atoms with Crippen molar-refractivity contribution in [1.29, 1.82) is 5.26 Å². The second-order valence-electron chi connectivity index (χ2n) is 10.2. The molecule has 2 aromatic carbocycles. The van der Waals surface area contributed by atoms with Gasteiger partial charge in [-0.15, -0.1) is 0 Å². The van der Waals surface area contributed by atoms with Gasteiger partial charge in [0, 0.05) is 67.9 Å². The zero-order chi connectivity index (χ0) is 23.7. The molecule has 2 fully saturated rings. The molecule has 172 valence electrons. The van der Waals surface area contributed by atoms with Crippen LogP contribution in [0.3, 0.4) is 0 Å². The fourth-order valence-corrected chi connectivity index (χ4v) is 6.14. The van der Waals surface area contributed by atoms with E-state index in [1.807, 2.05) is 41.6 Å². The molecule has 0 N–H and O–H groups in total. The van der Waals surface area contributed by atoms with E-state index in [4.69, 9.17) is 5.26 Å². The molecule has 0 radical (unpaired) electrons. The second-order valence-corrected chi connectivity index (χ2v) is 10.2. The van der Waals surface area contributed by atoms with Crippen LogP contribution in [0, 0.1) is 16.7 Å². The molecule has 35 heavy (non-hydrogen) atoms. The average molecular weight is 461 g/mol. The van der Waals surface area contributed by atoms with Crippen LogP contribution in [0.5, 0.6) is 0 Å². The van der Waals surface area contributed by atoms with Gasteiger partial charge in [-0.25, -0.2) is 4.98 Å². The Morgan fingerprint density at radius 2 is 1.86 bits per heavy atom. The van der Waals surface area contributed by atoms with Crippen LogP contribution in [0.4, 0.5) is 5.69 Å². The van der Waals surface area contributed by atoms with Crippen molar-refractivity contribution < 1.29 is 4.79 Å². The number of amides is 1. The van der Waals surface area contributed by atoms with Crippen molar-refractivity contribution >= 4 is 11.6 Å². The fraction of sp³-hybridized carbons (Fsp3) is 0.250. The molecule has 2 saturated heterocycles. The van der Waals surface area contributed by atoms with Gasteiger partial charge in [0.2, 0.25) is 5.91 Å². The highest BCUT2D eigenvalue weighted by Crippen LogP contribution is 2.42. The maximum Gasteiger partial charge on any atom is 0.227 e. The molecule has 3 aliphatic rings. The van der Waals surface area contributed by atoms with E-state index >= 15 is 0 Å². The van der Waals surface area contributed by atoms with E-state index in [0.717, 1.165) is 59.2 Å². The van der Waals surface area contributed by atoms with E-state index in [9.17, 15) is 4.79 Å². The number of likely N-dealkylation sites (tertiary alicyclic amines) is 1. The molecule has 0 saturated carbocycles. The first-order valence-corrected chi connectivity index (χ1v) is 11.9. The van der Waals surface area contributed by atoms with Gasteiger partial charge in [0.1, 0.15) is 0 Å². The molecule has 7 rings (SSSR count). The summed E-state index contributed by atoms with van der Waals surface area (Å²) in [7, 11) is 2.12. The number of carbonyl (C=O) groups is 1. The summed E-state index contributed by atoms with van der Waals surface area (Å²) in [6, 6.07) is 18.4. The highest BCUT2D eigenvalue weighted by atomic mass is 16.2. The third-order valence-corrected chi connectivity index (χ3v) is 7.62. The van der Waals surface area contributed by atoms with E-state index in [0.29, 0.717) is 18.5 Å². The quantitative estimate of drug-likeness (QED) is 0.401. The van der Waals surface area contributed by atoms with Gasteiger partial charge in [0.15, 0.2) is 5.82 Å². The molecule has 7 heteroatoms. The number of fused-ring (bicyclic) bond motifs is 5. The van der Waals surface area contributed by atoms with Crippen molar-refractivity contribution in [1.82, 2.24) is 19.0 Å². The summed E-state index contributed by atoms with van der Waals surface area (Å²) in [5, 5.41) is 9.12. The van der Waals surface area contributed by atoms with Crippen molar-refractivity contribution in [2.24, 2.45) is 5.41 Å². The normalized spacial score (nSPS) is 17.9. The lowest BCUT2D eigenvalue weighted by molar-refractivity contribution is -0.118. The molecule has 0 aliphatic carbocycles. The highest BCUT2D eigenvalue weighted by molar-refractivity contribution is 5.97. The number of rotatable bonds is 2. The van der Waals surface area contributed by atoms with Crippen LogP contribution in [0.1, 0.15) is 17.5 Å². The Morgan fingerprint density at radius 3 is 2.63 bits per heavy atom. The molecule has 0 bridgehead atoms. The number of carbonyl (C=O) groups excluding carboxylic acids is 1. The molecule has 2 aromatic heterocycles. The predicted octanol–water partition coefficient (Wildman–Crippen LogP) is 3.91. The van der Waals surface area contributed by atoms with Gasteiger partial charge in [0.25, 0.3) is 0 Å². The van der Waals surface area contributed by atoms with Gasteiger partial charge < -0.3 is 14.4 Å². The standard InChI is InChI=1S/C28H24N6O/c1-31-16-28(17-31)12-26(35)34(18-28)23-6-7-24-22(10-23)15-32-14-21(20-4-2-19(13-29)3-5-20)11-25(32)27-30-8-9-33(24)27/h2-11,14H,12,15-18H2,1H3. The van der Waals surface area contributed by atoms with Crippen LogP contribution in [-0.4, -0.2) is 51.6 Å². The number of hydrogen-bond acceptors (Lipinski definition) is 4. The lowest BCUT2D eigenvalue weighted by Gasteiger charge is -2.45. The predicted molar refractivity (Wildman–Crippen MR) is 133 cm³/mol. The maximum atomic E-state index is 13.0. The van der Waals surface area contributed by atoms with Crippen molar-refractivity contribution in [2.45, 2.75) is 13.0 Å². The smallest absolute Gasteiger partial charge is 0.227 e. The SMILES string of the molecule is CN1CC2(CC(=O)N(c3ccc4c(c3)Cn3cc(-c5ccc(C#N)cc5)cc3-c3nccn3-4)C2)C1. The Hall–Kier alpha value is -4.15. The van der Waals surface area contributed by atoms with Crippen LogP contribution in [0.25, 0.3) is 28.3 Å². The maximum absolute atomic E-state index is 13.0. The van der Waals surface area contributed by atoms with Gasteiger partial charge in [0.05, 0.1) is 23.0 Å². The molecule has 1 spiro atoms. The Bertz CT molecular complexity index is 1530. The summed E-state index contributed by atoms with van der Waals surface area (Å²) in [5.74, 6) is 1.12. The molecule has 5 heterocycles. The van der Waals surface area contributed by atoms with Gasteiger partial charge >= 0.3 is 0 Å². The van der Waals surface area contributed by atoms with Crippen molar-refractivity contribution in [3.63, 3.8) is 0 Å². The van der Waals surface area contributed by atoms with Gasteiger partial charge in [-0.3, -0.25) is 9.36 Å². The van der Waals surface area contributed by atoms with Crippen LogP contribution >= 0.6 is 0 Å². The lowest BCUT2D eigenvalue weighted by atomic mass is 9.79. The summed E-state index contributed by atoms with van der Waals surface area (Å²) in [5.41, 5.74) is 7.18. The summed E-state index contributed by atoms with van der Waals surface area (Å²) in [6.07, 6.45) is 6.61. The Kier molecular flexibility index (Phi) is 4.15. The molecule has 0 atom stereocenters. The third-order valence-electron chi connectivity index (χ3n) is 7.62. The second kappa shape index (κ2) is 7.17. The zero-order valence-corrected chi connectivity index (χ0v) is 19.5.